The number of aliphatic carboxylic acids is 1. The molecule has 0 aromatic heterocycles. The van der Waals surface area contributed by atoms with Crippen LogP contribution >= 0.6 is 0 Å². The largest absolute Gasteiger partial charge is 0.481 e. The average molecular weight is 691 g/mol. The third-order valence-corrected chi connectivity index (χ3v) is 9.51. The number of carboxylic acid groups (broad SMARTS) is 1. The predicted octanol–water partition coefficient (Wildman–Crippen LogP) is 6.97. The van der Waals surface area contributed by atoms with Crippen molar-refractivity contribution in [3.05, 3.63) is 144 Å². The third kappa shape index (κ3) is 11.1. The maximum Gasteiger partial charge on any atom is 0.305 e. The van der Waals surface area contributed by atoms with Crippen molar-refractivity contribution in [2.75, 3.05) is 26.2 Å². The van der Waals surface area contributed by atoms with Crippen LogP contribution in [0.2, 0.25) is 0 Å². The van der Waals surface area contributed by atoms with Crippen molar-refractivity contribution in [2.24, 2.45) is 0 Å². The van der Waals surface area contributed by atoms with Crippen molar-refractivity contribution in [3.63, 3.8) is 0 Å². The molecule has 0 fully saturated rings. The average Bonchev–Trinajstić information content (AvgIpc) is 3.16. The van der Waals surface area contributed by atoms with Gasteiger partial charge < -0.3 is 25.1 Å². The molecule has 0 spiro atoms. The maximum atomic E-state index is 14.3. The third-order valence-electron chi connectivity index (χ3n) is 9.51. The fourth-order valence-corrected chi connectivity index (χ4v) is 6.26. The van der Waals surface area contributed by atoms with Crippen molar-refractivity contribution in [3.8, 4) is 0 Å². The number of carboxylic acids is 1. The second kappa shape index (κ2) is 19.2. The Morgan fingerprint density at radius 2 is 0.882 bits per heavy atom. The van der Waals surface area contributed by atoms with E-state index in [2.05, 4.69) is 5.32 Å². The fraction of sp³-hybridized carbons (Fsp3) is 0.333. The van der Waals surface area contributed by atoms with Crippen LogP contribution in [0.3, 0.4) is 0 Å². The molecule has 0 aliphatic rings. The number of carbonyl (C=O) groups excluding carboxylic acids is 3. The molecule has 0 aliphatic carbocycles. The molecule has 0 heterocycles. The lowest BCUT2D eigenvalue weighted by Gasteiger charge is -2.35. The molecule has 0 bridgehead atoms. The van der Waals surface area contributed by atoms with E-state index in [1.54, 1.807) is 9.80 Å². The van der Waals surface area contributed by atoms with Gasteiger partial charge in [-0.2, -0.15) is 0 Å². The van der Waals surface area contributed by atoms with E-state index in [1.807, 2.05) is 149 Å². The zero-order valence-electron chi connectivity index (χ0n) is 30.0. The molecule has 268 valence electrons. The van der Waals surface area contributed by atoms with Crippen LogP contribution < -0.4 is 5.32 Å². The fourth-order valence-electron chi connectivity index (χ4n) is 6.26. The van der Waals surface area contributed by atoms with Crippen molar-refractivity contribution >= 4 is 23.7 Å². The molecule has 4 rings (SSSR count). The van der Waals surface area contributed by atoms with Crippen molar-refractivity contribution < 1.29 is 24.3 Å². The molecular formula is C42H50N4O5. The molecule has 0 aliphatic heterocycles. The van der Waals surface area contributed by atoms with Gasteiger partial charge in [-0.3, -0.25) is 19.2 Å². The lowest BCUT2D eigenvalue weighted by atomic mass is 10.0. The van der Waals surface area contributed by atoms with E-state index in [0.717, 1.165) is 22.3 Å². The summed E-state index contributed by atoms with van der Waals surface area (Å²) in [6, 6.07) is 37.3. The molecule has 9 heteroatoms. The van der Waals surface area contributed by atoms with E-state index in [0.29, 0.717) is 0 Å². The normalized spacial score (nSPS) is 13.3. The van der Waals surface area contributed by atoms with E-state index in [4.69, 9.17) is 0 Å². The van der Waals surface area contributed by atoms with Crippen LogP contribution in [-0.2, 0) is 19.2 Å². The highest BCUT2D eigenvalue weighted by Gasteiger charge is 2.30. The number of hydrogen-bond acceptors (Lipinski definition) is 5. The highest BCUT2D eigenvalue weighted by Crippen LogP contribution is 2.26. The smallest absolute Gasteiger partial charge is 0.305 e. The van der Waals surface area contributed by atoms with Crippen LogP contribution in [0.5, 0.6) is 0 Å². The molecule has 4 aromatic carbocycles. The molecule has 3 amide bonds. The number of nitrogens with zero attached hydrogens (tertiary/aromatic N) is 3. The molecular weight excluding hydrogens is 640 g/mol. The summed E-state index contributed by atoms with van der Waals surface area (Å²) in [5.74, 6) is -1.79. The van der Waals surface area contributed by atoms with E-state index in [1.165, 1.54) is 4.90 Å². The number of rotatable bonds is 18. The van der Waals surface area contributed by atoms with Crippen LogP contribution in [0.1, 0.15) is 87.0 Å². The quantitative estimate of drug-likeness (QED) is 0.117. The van der Waals surface area contributed by atoms with E-state index in [-0.39, 0.29) is 68.8 Å². The van der Waals surface area contributed by atoms with Gasteiger partial charge in [0.05, 0.1) is 31.1 Å². The Morgan fingerprint density at radius 1 is 0.510 bits per heavy atom. The Labute approximate surface area is 301 Å². The summed E-state index contributed by atoms with van der Waals surface area (Å²) in [5.41, 5.74) is 3.74. The summed E-state index contributed by atoms with van der Waals surface area (Å²) in [4.78, 5) is 58.6. The standard InChI is InChI=1S/C42H50N4O5/c1-31(35-17-9-5-10-18-35)43-29-40(48)44(32(2)36-19-11-6-12-20-36)27-25-39(47)46(34(4)38-23-15-8-16-24-38)30-41(49)45(28-26-42(50)51)33(3)37-21-13-7-14-22-37/h5-24,31-34,43H,25-30H2,1-4H3,(H,50,51)/t31-,32-,33-,34-/m0/s1. The van der Waals surface area contributed by atoms with Gasteiger partial charge in [0.15, 0.2) is 0 Å². The molecule has 51 heavy (non-hydrogen) atoms. The Bertz CT molecular complexity index is 1690. The Morgan fingerprint density at radius 3 is 1.31 bits per heavy atom. The van der Waals surface area contributed by atoms with Crippen LogP contribution in [0, 0.1) is 0 Å². The first-order valence-corrected chi connectivity index (χ1v) is 17.6. The van der Waals surface area contributed by atoms with Crippen molar-refractivity contribution in [1.29, 1.82) is 0 Å². The lowest BCUT2D eigenvalue weighted by molar-refractivity contribution is -0.146. The molecule has 0 unspecified atom stereocenters. The van der Waals surface area contributed by atoms with Crippen molar-refractivity contribution in [2.45, 2.75) is 64.7 Å². The van der Waals surface area contributed by atoms with Crippen LogP contribution in [0.25, 0.3) is 0 Å². The van der Waals surface area contributed by atoms with Gasteiger partial charge in [-0.05, 0) is 49.9 Å². The van der Waals surface area contributed by atoms with Crippen LogP contribution in [0.15, 0.2) is 121 Å². The summed E-state index contributed by atoms with van der Waals surface area (Å²) < 4.78 is 0. The molecule has 2 N–H and O–H groups in total. The summed E-state index contributed by atoms with van der Waals surface area (Å²) in [7, 11) is 0. The predicted molar refractivity (Wildman–Crippen MR) is 199 cm³/mol. The first-order chi connectivity index (χ1) is 24.6. The second-order valence-corrected chi connectivity index (χ2v) is 12.9. The molecule has 0 saturated heterocycles. The van der Waals surface area contributed by atoms with Gasteiger partial charge in [0.1, 0.15) is 6.54 Å². The summed E-state index contributed by atoms with van der Waals surface area (Å²) in [5, 5.41) is 12.8. The minimum atomic E-state index is -1.01. The van der Waals surface area contributed by atoms with Gasteiger partial charge >= 0.3 is 5.97 Å². The zero-order valence-corrected chi connectivity index (χ0v) is 30.0. The topological polar surface area (TPSA) is 110 Å². The Kier molecular flexibility index (Phi) is 14.5. The number of benzene rings is 4. The number of hydrogen-bond donors (Lipinski definition) is 2. The van der Waals surface area contributed by atoms with Crippen LogP contribution in [0.4, 0.5) is 0 Å². The number of amides is 3. The van der Waals surface area contributed by atoms with Gasteiger partial charge in [0.25, 0.3) is 0 Å². The van der Waals surface area contributed by atoms with E-state index in [9.17, 15) is 24.3 Å². The Hall–Kier alpha value is -5.28. The maximum absolute atomic E-state index is 14.3. The summed E-state index contributed by atoms with van der Waals surface area (Å²) in [6.07, 6.45) is -0.235. The SMILES string of the molecule is C[C@H](NCC(=O)N(CCC(=O)N(CC(=O)N(CCC(=O)O)[C@@H](C)c1ccccc1)[C@@H](C)c1ccccc1)[C@@H](C)c1ccccc1)c1ccccc1. The minimum Gasteiger partial charge on any atom is -0.481 e. The molecule has 0 radical (unpaired) electrons. The van der Waals surface area contributed by atoms with Gasteiger partial charge in [0.2, 0.25) is 17.7 Å². The van der Waals surface area contributed by atoms with Crippen molar-refractivity contribution in [1.82, 2.24) is 20.0 Å². The minimum absolute atomic E-state index is 0.00273. The molecule has 9 nitrogen and oxygen atoms in total. The zero-order chi connectivity index (χ0) is 36.8. The number of carbonyl (C=O) groups is 4. The highest BCUT2D eigenvalue weighted by atomic mass is 16.4. The monoisotopic (exact) mass is 690 g/mol. The summed E-state index contributed by atoms with van der Waals surface area (Å²) >= 11 is 0. The van der Waals surface area contributed by atoms with E-state index < -0.39 is 18.1 Å². The van der Waals surface area contributed by atoms with E-state index >= 15 is 0 Å². The molecule has 4 atom stereocenters. The first-order valence-electron chi connectivity index (χ1n) is 17.6. The summed E-state index contributed by atoms with van der Waals surface area (Å²) in [6.45, 7) is 7.69. The van der Waals surface area contributed by atoms with Gasteiger partial charge in [0, 0.05) is 25.6 Å². The highest BCUT2D eigenvalue weighted by molar-refractivity contribution is 5.86. The lowest BCUT2D eigenvalue weighted by Crippen LogP contribution is -2.47. The number of nitrogens with one attached hydrogen (secondary N) is 1. The Balaban J connectivity index is 1.57. The first kappa shape index (κ1) is 38.5. The van der Waals surface area contributed by atoms with Gasteiger partial charge in [-0.1, -0.05) is 121 Å². The van der Waals surface area contributed by atoms with Gasteiger partial charge in [-0.25, -0.2) is 0 Å². The van der Waals surface area contributed by atoms with Gasteiger partial charge in [-0.15, -0.1) is 0 Å². The molecule has 0 saturated carbocycles. The second-order valence-electron chi connectivity index (χ2n) is 12.9. The molecule has 4 aromatic rings. The van der Waals surface area contributed by atoms with Crippen LogP contribution in [-0.4, -0.2) is 69.7 Å².